The highest BCUT2D eigenvalue weighted by Crippen LogP contribution is 2.47. The van der Waals surface area contributed by atoms with Crippen molar-refractivity contribution in [1.82, 2.24) is 0 Å². The molecule has 0 bridgehead atoms. The van der Waals surface area contributed by atoms with Crippen LogP contribution in [0.2, 0.25) is 0 Å². The van der Waals surface area contributed by atoms with Crippen molar-refractivity contribution in [2.24, 2.45) is 5.92 Å². The number of carbonyl (C=O) groups excluding carboxylic acids is 2. The third-order valence-electron chi connectivity index (χ3n) is 5.42. The second-order valence-corrected chi connectivity index (χ2v) is 10.1. The summed E-state index contributed by atoms with van der Waals surface area (Å²) in [5.41, 5.74) is 1.83. The normalized spacial score (nSPS) is 20.4. The van der Waals surface area contributed by atoms with Gasteiger partial charge in [0, 0.05) is 36.2 Å². The van der Waals surface area contributed by atoms with Crippen molar-refractivity contribution in [2.75, 3.05) is 36.9 Å². The number of thioether (sulfide) groups is 2. The van der Waals surface area contributed by atoms with E-state index in [2.05, 4.69) is 0 Å². The number of hydrogen-bond donors (Lipinski definition) is 0. The van der Waals surface area contributed by atoms with Gasteiger partial charge in [0.25, 0.3) is 0 Å². The quantitative estimate of drug-likeness (QED) is 0.493. The van der Waals surface area contributed by atoms with E-state index in [1.165, 1.54) is 0 Å². The fourth-order valence-corrected chi connectivity index (χ4v) is 6.66. The van der Waals surface area contributed by atoms with Crippen molar-refractivity contribution in [3.63, 3.8) is 0 Å². The number of fused-ring (bicyclic) bond motifs is 1. The Bertz CT molecular complexity index is 1020. The Morgan fingerprint density at radius 3 is 2.68 bits per heavy atom. The maximum absolute atomic E-state index is 12.8. The van der Waals surface area contributed by atoms with Gasteiger partial charge in [0.1, 0.15) is 0 Å². The third-order valence-corrected chi connectivity index (χ3v) is 8.52. The predicted octanol–water partition coefficient (Wildman–Crippen LogP) is 3.86. The van der Waals surface area contributed by atoms with E-state index in [-0.39, 0.29) is 25.7 Å². The van der Waals surface area contributed by atoms with E-state index in [1.807, 2.05) is 35.7 Å². The van der Waals surface area contributed by atoms with Gasteiger partial charge >= 0.3 is 5.97 Å². The first-order valence-electron chi connectivity index (χ1n) is 9.95. The Morgan fingerprint density at radius 1 is 1.06 bits per heavy atom. The minimum absolute atomic E-state index is 0.100. The van der Waals surface area contributed by atoms with Crippen LogP contribution in [0.5, 0.6) is 23.0 Å². The maximum Gasteiger partial charge on any atom is 0.316 e. The molecule has 0 aromatic heterocycles. The summed E-state index contributed by atoms with van der Waals surface area (Å²) < 4.78 is 22.2. The van der Waals surface area contributed by atoms with Gasteiger partial charge in [-0.15, -0.1) is 23.5 Å². The van der Waals surface area contributed by atoms with E-state index in [0.717, 1.165) is 17.1 Å². The van der Waals surface area contributed by atoms with Gasteiger partial charge in [-0.25, -0.2) is 0 Å². The van der Waals surface area contributed by atoms with Gasteiger partial charge in [-0.3, -0.25) is 9.59 Å². The van der Waals surface area contributed by atoms with Crippen molar-refractivity contribution in [1.29, 1.82) is 0 Å². The fraction of sp³-hybridized carbons (Fsp3) is 0.364. The number of carbonyl (C=O) groups is 2. The molecule has 0 N–H and O–H groups in total. The third kappa shape index (κ3) is 4.04. The summed E-state index contributed by atoms with van der Waals surface area (Å²) in [5.74, 6) is 3.28. The number of benzene rings is 2. The molecule has 3 aliphatic heterocycles. The van der Waals surface area contributed by atoms with Crippen LogP contribution in [0.1, 0.15) is 16.6 Å². The van der Waals surface area contributed by atoms with Crippen molar-refractivity contribution < 1.29 is 28.5 Å². The Balaban J connectivity index is 1.28. The average molecular weight is 460 g/mol. The molecular weight excluding hydrogens is 438 g/mol. The molecule has 2 aromatic carbocycles. The fourth-order valence-electron chi connectivity index (χ4n) is 3.83. The van der Waals surface area contributed by atoms with Gasteiger partial charge < -0.3 is 23.8 Å². The molecule has 5 rings (SSSR count). The van der Waals surface area contributed by atoms with Crippen LogP contribution in [0.4, 0.5) is 5.69 Å². The van der Waals surface area contributed by atoms with Crippen LogP contribution >= 0.6 is 23.5 Å². The smallest absolute Gasteiger partial charge is 0.316 e. The molecule has 3 heterocycles. The summed E-state index contributed by atoms with van der Waals surface area (Å²) in [6, 6.07) is 11.0. The zero-order chi connectivity index (χ0) is 21.4. The molecule has 1 atom stereocenters. The number of esters is 1. The molecule has 0 aliphatic carbocycles. The highest BCUT2D eigenvalue weighted by atomic mass is 32.2. The van der Waals surface area contributed by atoms with Crippen LogP contribution in [0.15, 0.2) is 36.4 Å². The number of nitrogens with zero attached hydrogens (tertiary/aromatic N) is 1. The van der Waals surface area contributed by atoms with Gasteiger partial charge in [-0.1, -0.05) is 6.07 Å². The molecular formula is C22H21NO6S2. The number of ether oxygens (including phenoxy) is 4. The summed E-state index contributed by atoms with van der Waals surface area (Å²) >= 11 is 3.80. The maximum atomic E-state index is 12.8. The van der Waals surface area contributed by atoms with Crippen molar-refractivity contribution >= 4 is 41.1 Å². The largest absolute Gasteiger partial charge is 0.493 e. The molecule has 2 saturated heterocycles. The topological polar surface area (TPSA) is 74.3 Å². The molecule has 7 nitrogen and oxygen atoms in total. The van der Waals surface area contributed by atoms with Crippen molar-refractivity contribution in [2.45, 2.75) is 11.0 Å². The molecule has 162 valence electrons. The number of rotatable bonds is 5. The van der Waals surface area contributed by atoms with Gasteiger partial charge in [0.2, 0.25) is 12.7 Å². The summed E-state index contributed by atoms with van der Waals surface area (Å²) in [6.45, 7) is 0.424. The minimum atomic E-state index is -0.553. The van der Waals surface area contributed by atoms with Crippen LogP contribution in [0.3, 0.4) is 0 Å². The number of hydrogen-bond acceptors (Lipinski definition) is 8. The number of anilines is 1. The van der Waals surface area contributed by atoms with E-state index in [4.69, 9.17) is 18.9 Å². The monoisotopic (exact) mass is 459 g/mol. The molecule has 31 heavy (non-hydrogen) atoms. The van der Waals surface area contributed by atoms with Crippen LogP contribution < -0.4 is 23.8 Å². The molecule has 9 heteroatoms. The summed E-state index contributed by atoms with van der Waals surface area (Å²) in [7, 11) is 1.56. The standard InChI is InChI=1S/C22H21NO6S2/c1-26-18-8-13(22-30-6-7-31-22)2-4-17(18)29-21(25)14-9-20(24)23(11-14)15-3-5-16-19(10-15)28-12-27-16/h2-5,8,10,14,22H,6-7,9,11-12H2,1H3/t14-/m1/s1. The van der Waals surface area contributed by atoms with E-state index in [9.17, 15) is 9.59 Å². The molecule has 0 saturated carbocycles. The highest BCUT2D eigenvalue weighted by molar-refractivity contribution is 8.19. The van der Waals surface area contributed by atoms with Crippen molar-refractivity contribution in [3.8, 4) is 23.0 Å². The van der Waals surface area contributed by atoms with Gasteiger partial charge in [-0.05, 0) is 29.8 Å². The van der Waals surface area contributed by atoms with Gasteiger partial charge in [-0.2, -0.15) is 0 Å². The highest BCUT2D eigenvalue weighted by Gasteiger charge is 2.37. The average Bonchev–Trinajstić information content (AvgIpc) is 3.54. The summed E-state index contributed by atoms with van der Waals surface area (Å²) in [6.07, 6.45) is 0.100. The zero-order valence-electron chi connectivity index (χ0n) is 16.9. The second-order valence-electron chi connectivity index (χ2n) is 7.35. The Kier molecular flexibility index (Phi) is 5.62. The van der Waals surface area contributed by atoms with Gasteiger partial charge in [0.05, 0.1) is 17.6 Å². The van der Waals surface area contributed by atoms with Crippen LogP contribution in [-0.4, -0.2) is 43.8 Å². The molecule has 0 unspecified atom stereocenters. The van der Waals surface area contributed by atoms with E-state index < -0.39 is 11.9 Å². The lowest BCUT2D eigenvalue weighted by Gasteiger charge is -2.17. The Labute approximate surface area is 188 Å². The lowest BCUT2D eigenvalue weighted by Crippen LogP contribution is -2.27. The first-order valence-corrected chi connectivity index (χ1v) is 12.0. The summed E-state index contributed by atoms with van der Waals surface area (Å²) in [5, 5.41) is 0. The number of amides is 1. The lowest BCUT2D eigenvalue weighted by molar-refractivity contribution is -0.139. The number of methoxy groups -OCH3 is 1. The Morgan fingerprint density at radius 2 is 1.87 bits per heavy atom. The van der Waals surface area contributed by atoms with Crippen LogP contribution in [0.25, 0.3) is 0 Å². The second kappa shape index (κ2) is 8.55. The first-order chi connectivity index (χ1) is 15.1. The van der Waals surface area contributed by atoms with E-state index >= 15 is 0 Å². The SMILES string of the molecule is COc1cc(C2SCCS2)ccc1OC(=O)[C@@H]1CC(=O)N(c2ccc3c(c2)OCO3)C1. The zero-order valence-corrected chi connectivity index (χ0v) is 18.5. The predicted molar refractivity (Wildman–Crippen MR) is 119 cm³/mol. The summed E-state index contributed by atoms with van der Waals surface area (Å²) in [4.78, 5) is 27.0. The van der Waals surface area contributed by atoms with Crippen molar-refractivity contribution in [3.05, 3.63) is 42.0 Å². The molecule has 2 aromatic rings. The first kappa shape index (κ1) is 20.4. The molecule has 0 spiro atoms. The van der Waals surface area contributed by atoms with E-state index in [1.54, 1.807) is 36.3 Å². The molecule has 2 fully saturated rings. The molecule has 1 amide bonds. The lowest BCUT2D eigenvalue weighted by atomic mass is 10.1. The molecule has 0 radical (unpaired) electrons. The minimum Gasteiger partial charge on any atom is -0.493 e. The van der Waals surface area contributed by atoms with Crippen LogP contribution in [0, 0.1) is 5.92 Å². The van der Waals surface area contributed by atoms with Crippen LogP contribution in [-0.2, 0) is 9.59 Å². The van der Waals surface area contributed by atoms with E-state index in [0.29, 0.717) is 33.3 Å². The molecule has 3 aliphatic rings. The van der Waals surface area contributed by atoms with Gasteiger partial charge in [0.15, 0.2) is 23.0 Å². The Hall–Kier alpha value is -2.52.